The lowest BCUT2D eigenvalue weighted by Gasteiger charge is -2.36. The molecule has 1 saturated carbocycles. The Morgan fingerprint density at radius 3 is 2.60 bits per heavy atom. The van der Waals surface area contributed by atoms with E-state index in [1.807, 2.05) is 0 Å². The van der Waals surface area contributed by atoms with Crippen molar-refractivity contribution in [3.05, 3.63) is 30.2 Å². The predicted octanol–water partition coefficient (Wildman–Crippen LogP) is 3.32. The second-order valence-electron chi connectivity index (χ2n) is 6.66. The van der Waals surface area contributed by atoms with Crippen molar-refractivity contribution in [3.8, 4) is 0 Å². The third-order valence-electron chi connectivity index (χ3n) is 5.21. The van der Waals surface area contributed by atoms with Gasteiger partial charge in [-0.25, -0.2) is 0 Å². The summed E-state index contributed by atoms with van der Waals surface area (Å²) >= 11 is 0. The number of likely N-dealkylation sites (tertiary alicyclic amines) is 1. The molecule has 1 saturated heterocycles. The SMILES string of the molecule is [CH]1C=CC(CNCC2CCN(C3CCCC3)CC2)=CC1. The number of rotatable bonds is 5. The maximum absolute atomic E-state index is 3.66. The van der Waals surface area contributed by atoms with Crippen LogP contribution < -0.4 is 5.32 Å². The minimum Gasteiger partial charge on any atom is -0.312 e. The van der Waals surface area contributed by atoms with E-state index in [1.165, 1.54) is 63.7 Å². The molecule has 1 radical (unpaired) electrons. The van der Waals surface area contributed by atoms with Gasteiger partial charge >= 0.3 is 0 Å². The number of hydrogen-bond donors (Lipinski definition) is 1. The van der Waals surface area contributed by atoms with Crippen LogP contribution in [0.5, 0.6) is 0 Å². The summed E-state index contributed by atoms with van der Waals surface area (Å²) < 4.78 is 0. The number of piperidine rings is 1. The smallest absolute Gasteiger partial charge is 0.0202 e. The highest BCUT2D eigenvalue weighted by atomic mass is 15.2. The highest BCUT2D eigenvalue weighted by molar-refractivity contribution is 5.27. The van der Waals surface area contributed by atoms with Crippen molar-refractivity contribution < 1.29 is 0 Å². The van der Waals surface area contributed by atoms with Crippen LogP contribution in [-0.2, 0) is 0 Å². The molecule has 3 rings (SSSR count). The van der Waals surface area contributed by atoms with Crippen molar-refractivity contribution in [1.29, 1.82) is 0 Å². The van der Waals surface area contributed by atoms with Gasteiger partial charge in [0.05, 0.1) is 0 Å². The summed E-state index contributed by atoms with van der Waals surface area (Å²) in [6, 6.07) is 0.928. The maximum Gasteiger partial charge on any atom is 0.0202 e. The van der Waals surface area contributed by atoms with Gasteiger partial charge in [-0.2, -0.15) is 0 Å². The summed E-state index contributed by atoms with van der Waals surface area (Å²) in [4.78, 5) is 2.77. The third kappa shape index (κ3) is 3.95. The number of hydrogen-bond acceptors (Lipinski definition) is 2. The van der Waals surface area contributed by atoms with Crippen LogP contribution in [0.15, 0.2) is 23.8 Å². The molecule has 1 N–H and O–H groups in total. The van der Waals surface area contributed by atoms with Crippen molar-refractivity contribution in [2.24, 2.45) is 5.92 Å². The Morgan fingerprint density at radius 2 is 1.90 bits per heavy atom. The molecule has 20 heavy (non-hydrogen) atoms. The van der Waals surface area contributed by atoms with E-state index in [1.54, 1.807) is 0 Å². The summed E-state index contributed by atoms with van der Waals surface area (Å²) in [7, 11) is 0. The standard InChI is InChI=1S/C18H29N2/c1-2-6-16(7-3-1)14-19-15-17-10-12-20(13-11-17)18-8-4-5-9-18/h1-2,6-7,17-19H,3-5,8-15H2. The normalized spacial score (nSPS) is 26.1. The summed E-state index contributed by atoms with van der Waals surface area (Å²) in [5.74, 6) is 0.896. The highest BCUT2D eigenvalue weighted by Crippen LogP contribution is 2.27. The quantitative estimate of drug-likeness (QED) is 0.826. The fraction of sp³-hybridized carbons (Fsp3) is 0.722. The van der Waals surface area contributed by atoms with E-state index in [4.69, 9.17) is 0 Å². The summed E-state index contributed by atoms with van der Waals surface area (Å²) in [6.45, 7) is 4.93. The Bertz CT molecular complexity index is 344. The van der Waals surface area contributed by atoms with E-state index >= 15 is 0 Å². The zero-order valence-corrected chi connectivity index (χ0v) is 12.7. The van der Waals surface area contributed by atoms with Crippen molar-refractivity contribution >= 4 is 0 Å². The Labute approximate surface area is 124 Å². The second kappa shape index (κ2) is 7.42. The molecule has 0 amide bonds. The van der Waals surface area contributed by atoms with Gasteiger partial charge in [-0.05, 0) is 69.7 Å². The Morgan fingerprint density at radius 1 is 1.10 bits per heavy atom. The van der Waals surface area contributed by atoms with Crippen LogP contribution in [-0.4, -0.2) is 37.1 Å². The summed E-state index contributed by atoms with van der Waals surface area (Å²) in [5, 5.41) is 3.66. The first kappa shape index (κ1) is 14.3. The van der Waals surface area contributed by atoms with Crippen LogP contribution in [0.25, 0.3) is 0 Å². The number of nitrogens with zero attached hydrogens (tertiary/aromatic N) is 1. The first-order valence-electron chi connectivity index (χ1n) is 8.55. The van der Waals surface area contributed by atoms with Gasteiger partial charge in [0.15, 0.2) is 0 Å². The topological polar surface area (TPSA) is 15.3 Å². The molecular formula is C18H29N2. The molecule has 2 nitrogen and oxygen atoms in total. The van der Waals surface area contributed by atoms with E-state index in [0.717, 1.165) is 24.9 Å². The van der Waals surface area contributed by atoms with Gasteiger partial charge in [-0.3, -0.25) is 0 Å². The van der Waals surface area contributed by atoms with Gasteiger partial charge in [-0.1, -0.05) is 31.1 Å². The molecule has 0 aromatic carbocycles. The predicted molar refractivity (Wildman–Crippen MR) is 85.6 cm³/mol. The number of nitrogens with one attached hydrogen (secondary N) is 1. The molecule has 2 aliphatic carbocycles. The van der Waals surface area contributed by atoms with E-state index < -0.39 is 0 Å². The van der Waals surface area contributed by atoms with Gasteiger partial charge in [0.25, 0.3) is 0 Å². The Hall–Kier alpha value is -0.600. The molecular weight excluding hydrogens is 244 g/mol. The lowest BCUT2D eigenvalue weighted by atomic mass is 9.95. The number of allylic oxidation sites excluding steroid dienone is 2. The Balaban J connectivity index is 1.32. The zero-order chi connectivity index (χ0) is 13.6. The third-order valence-corrected chi connectivity index (χ3v) is 5.21. The molecule has 111 valence electrons. The lowest BCUT2D eigenvalue weighted by molar-refractivity contribution is 0.134. The van der Waals surface area contributed by atoms with Crippen molar-refractivity contribution in [1.82, 2.24) is 10.2 Å². The summed E-state index contributed by atoms with van der Waals surface area (Å²) in [5.41, 5.74) is 1.45. The molecule has 0 unspecified atom stereocenters. The summed E-state index contributed by atoms with van der Waals surface area (Å²) in [6.07, 6.45) is 18.7. The van der Waals surface area contributed by atoms with Gasteiger partial charge in [0.1, 0.15) is 0 Å². The zero-order valence-electron chi connectivity index (χ0n) is 12.7. The minimum atomic E-state index is 0.896. The Kier molecular flexibility index (Phi) is 5.32. The van der Waals surface area contributed by atoms with Crippen molar-refractivity contribution in [2.75, 3.05) is 26.2 Å². The molecule has 3 aliphatic rings. The monoisotopic (exact) mass is 273 g/mol. The van der Waals surface area contributed by atoms with Crippen LogP contribution >= 0.6 is 0 Å². The largest absolute Gasteiger partial charge is 0.312 e. The van der Waals surface area contributed by atoms with E-state index in [0.29, 0.717) is 0 Å². The van der Waals surface area contributed by atoms with Gasteiger partial charge < -0.3 is 10.2 Å². The van der Waals surface area contributed by atoms with E-state index in [-0.39, 0.29) is 0 Å². The van der Waals surface area contributed by atoms with Crippen molar-refractivity contribution in [2.45, 2.75) is 51.0 Å². The molecule has 2 fully saturated rings. The molecule has 1 heterocycles. The van der Waals surface area contributed by atoms with Gasteiger partial charge in [0, 0.05) is 12.6 Å². The molecule has 2 heteroatoms. The van der Waals surface area contributed by atoms with Gasteiger partial charge in [-0.15, -0.1) is 0 Å². The molecule has 0 spiro atoms. The first-order chi connectivity index (χ1) is 9.92. The van der Waals surface area contributed by atoms with Gasteiger partial charge in [0.2, 0.25) is 0 Å². The van der Waals surface area contributed by atoms with E-state index in [2.05, 4.69) is 34.9 Å². The van der Waals surface area contributed by atoms with Crippen LogP contribution in [0.1, 0.15) is 44.9 Å². The molecule has 0 aromatic rings. The highest BCUT2D eigenvalue weighted by Gasteiger charge is 2.26. The maximum atomic E-state index is 3.66. The van der Waals surface area contributed by atoms with Crippen LogP contribution in [0.2, 0.25) is 0 Å². The fourth-order valence-electron chi connectivity index (χ4n) is 3.90. The van der Waals surface area contributed by atoms with E-state index in [9.17, 15) is 0 Å². The van der Waals surface area contributed by atoms with Crippen molar-refractivity contribution in [3.63, 3.8) is 0 Å². The average molecular weight is 273 g/mol. The van der Waals surface area contributed by atoms with Crippen LogP contribution in [0, 0.1) is 12.3 Å². The lowest BCUT2D eigenvalue weighted by Crippen LogP contribution is -2.42. The van der Waals surface area contributed by atoms with Crippen LogP contribution in [0.4, 0.5) is 0 Å². The minimum absolute atomic E-state index is 0.896. The van der Waals surface area contributed by atoms with Crippen LogP contribution in [0.3, 0.4) is 0 Å². The molecule has 0 atom stereocenters. The molecule has 0 aromatic heterocycles. The average Bonchev–Trinajstić information content (AvgIpc) is 3.03. The molecule has 0 bridgehead atoms. The fourth-order valence-corrected chi connectivity index (χ4v) is 3.90. The molecule has 1 aliphatic heterocycles. The first-order valence-corrected chi connectivity index (χ1v) is 8.55. The second-order valence-corrected chi connectivity index (χ2v) is 6.66.